The Morgan fingerprint density at radius 2 is 1.79 bits per heavy atom. The van der Waals surface area contributed by atoms with Crippen LogP contribution in [0.4, 0.5) is 0 Å². The lowest BCUT2D eigenvalue weighted by atomic mass is 9.91. The number of imide groups is 1. The van der Waals surface area contributed by atoms with E-state index in [1.54, 1.807) is 24.3 Å². The molecule has 7 nitrogen and oxygen atoms in total. The molecule has 0 fully saturated rings. The van der Waals surface area contributed by atoms with E-state index >= 15 is 0 Å². The lowest BCUT2D eigenvalue weighted by molar-refractivity contribution is -0.116. The Labute approximate surface area is 227 Å². The molecule has 0 spiro atoms. The van der Waals surface area contributed by atoms with E-state index in [-0.39, 0.29) is 18.5 Å². The standard InChI is InChI=1S/C32H31N5O2/c1-35(29-15-7-11-23-12-8-17-34-30(23)29)21-27-31-26(16-18-33-27)25-13-5-6-14-28(25)37(31)20-19-36(22-38)32(39)24-9-3-2-4-10-24/h2-6,8-10,12-14,16-18,22,29H,7,11,15,19-21H2,1H3/t29-/m0/s1. The Morgan fingerprint density at radius 3 is 2.64 bits per heavy atom. The average molecular weight is 518 g/mol. The minimum absolute atomic E-state index is 0.235. The first-order valence-electron chi connectivity index (χ1n) is 13.5. The Morgan fingerprint density at radius 1 is 0.974 bits per heavy atom. The Balaban J connectivity index is 1.35. The summed E-state index contributed by atoms with van der Waals surface area (Å²) >= 11 is 0. The molecule has 2 aromatic carbocycles. The van der Waals surface area contributed by atoms with E-state index in [1.165, 1.54) is 16.2 Å². The minimum atomic E-state index is -0.298. The highest BCUT2D eigenvalue weighted by molar-refractivity contribution is 6.08. The lowest BCUT2D eigenvalue weighted by Gasteiger charge is -2.32. The first-order chi connectivity index (χ1) is 19.2. The number of amides is 2. The molecule has 0 saturated carbocycles. The molecular formula is C32H31N5O2. The number of nitrogens with zero attached hydrogens (tertiary/aromatic N) is 5. The molecule has 3 aromatic heterocycles. The quantitative estimate of drug-likeness (QED) is 0.258. The van der Waals surface area contributed by atoms with Crippen LogP contribution in [0.3, 0.4) is 0 Å². The maximum absolute atomic E-state index is 13.0. The van der Waals surface area contributed by atoms with Gasteiger partial charge in [-0.3, -0.25) is 29.4 Å². The normalized spacial score (nSPS) is 15.0. The van der Waals surface area contributed by atoms with Crippen molar-refractivity contribution in [3.05, 3.63) is 108 Å². The molecule has 0 radical (unpaired) electrons. The number of carbonyl (C=O) groups is 2. The molecule has 1 aliphatic rings. The SMILES string of the molecule is CN(Cc1nccc2c3ccccc3n(CCN(C=O)C(=O)c3ccccc3)c12)[C@H]1CCCc2cccnc21. The van der Waals surface area contributed by atoms with Crippen LogP contribution in [-0.4, -0.2) is 50.2 Å². The number of hydrogen-bond acceptors (Lipinski definition) is 5. The number of fused-ring (bicyclic) bond motifs is 4. The number of para-hydroxylation sites is 1. The summed E-state index contributed by atoms with van der Waals surface area (Å²) in [5, 5.41) is 2.26. The number of hydrogen-bond donors (Lipinski definition) is 0. The van der Waals surface area contributed by atoms with Crippen LogP contribution in [0.2, 0.25) is 0 Å². The van der Waals surface area contributed by atoms with Crippen molar-refractivity contribution in [1.82, 2.24) is 24.3 Å². The number of aryl methyl sites for hydroxylation is 1. The number of rotatable bonds is 8. The van der Waals surface area contributed by atoms with Gasteiger partial charge in [0, 0.05) is 53.9 Å². The van der Waals surface area contributed by atoms with Crippen LogP contribution in [0.15, 0.2) is 85.2 Å². The summed E-state index contributed by atoms with van der Waals surface area (Å²) in [7, 11) is 2.15. The van der Waals surface area contributed by atoms with Gasteiger partial charge in [-0.15, -0.1) is 0 Å². The zero-order chi connectivity index (χ0) is 26.8. The van der Waals surface area contributed by atoms with E-state index in [4.69, 9.17) is 9.97 Å². The summed E-state index contributed by atoms with van der Waals surface area (Å²) in [6.07, 6.45) is 7.68. The Bertz CT molecular complexity index is 1650. The first kappa shape index (κ1) is 24.9. The number of benzene rings is 2. The van der Waals surface area contributed by atoms with Gasteiger partial charge in [0.05, 0.1) is 22.9 Å². The van der Waals surface area contributed by atoms with Gasteiger partial charge in [0.15, 0.2) is 0 Å². The third-order valence-corrected chi connectivity index (χ3v) is 7.82. The summed E-state index contributed by atoms with van der Waals surface area (Å²) in [5.41, 5.74) is 6.07. The van der Waals surface area contributed by atoms with Gasteiger partial charge >= 0.3 is 0 Å². The second kappa shape index (κ2) is 10.8. The van der Waals surface area contributed by atoms with Crippen molar-refractivity contribution >= 4 is 34.1 Å². The highest BCUT2D eigenvalue weighted by atomic mass is 16.2. The van der Waals surface area contributed by atoms with Crippen molar-refractivity contribution in [3.8, 4) is 0 Å². The summed E-state index contributed by atoms with van der Waals surface area (Å²) in [6, 6.07) is 23.7. The van der Waals surface area contributed by atoms with Gasteiger partial charge in [0.2, 0.25) is 6.41 Å². The predicted molar refractivity (Wildman–Crippen MR) is 152 cm³/mol. The zero-order valence-corrected chi connectivity index (χ0v) is 22.0. The number of aromatic nitrogens is 3. The molecule has 5 aromatic rings. The second-order valence-electron chi connectivity index (χ2n) is 10.2. The maximum atomic E-state index is 13.0. The van der Waals surface area contributed by atoms with Crippen LogP contribution in [0.25, 0.3) is 21.8 Å². The fourth-order valence-electron chi connectivity index (χ4n) is 5.94. The number of carbonyl (C=O) groups excluding carboxylic acids is 2. The van der Waals surface area contributed by atoms with Gasteiger partial charge in [0.1, 0.15) is 0 Å². The van der Waals surface area contributed by atoms with Crippen LogP contribution in [0, 0.1) is 0 Å². The van der Waals surface area contributed by atoms with Crippen molar-refractivity contribution in [1.29, 1.82) is 0 Å². The molecule has 196 valence electrons. The maximum Gasteiger partial charge on any atom is 0.260 e. The zero-order valence-electron chi connectivity index (χ0n) is 22.0. The molecule has 3 heterocycles. The molecule has 0 N–H and O–H groups in total. The van der Waals surface area contributed by atoms with Crippen molar-refractivity contribution in [3.63, 3.8) is 0 Å². The minimum Gasteiger partial charge on any atom is -0.337 e. The molecule has 6 rings (SSSR count). The molecule has 39 heavy (non-hydrogen) atoms. The van der Waals surface area contributed by atoms with Crippen LogP contribution in [0.1, 0.15) is 46.2 Å². The summed E-state index contributed by atoms with van der Waals surface area (Å²) < 4.78 is 2.21. The predicted octanol–water partition coefficient (Wildman–Crippen LogP) is 5.39. The van der Waals surface area contributed by atoms with E-state index in [2.05, 4.69) is 40.8 Å². The third kappa shape index (κ3) is 4.70. The number of pyridine rings is 2. The molecule has 0 aliphatic heterocycles. The van der Waals surface area contributed by atoms with Crippen molar-refractivity contribution in [2.45, 2.75) is 38.4 Å². The Hall–Kier alpha value is -4.36. The van der Waals surface area contributed by atoms with Gasteiger partial charge in [-0.1, -0.05) is 42.5 Å². The highest BCUT2D eigenvalue weighted by Gasteiger charge is 2.26. The molecule has 7 heteroatoms. The smallest absolute Gasteiger partial charge is 0.260 e. The first-order valence-corrected chi connectivity index (χ1v) is 13.5. The Kier molecular flexibility index (Phi) is 6.90. The summed E-state index contributed by atoms with van der Waals surface area (Å²) in [5.74, 6) is -0.298. The van der Waals surface area contributed by atoms with Crippen molar-refractivity contribution < 1.29 is 9.59 Å². The highest BCUT2D eigenvalue weighted by Crippen LogP contribution is 2.35. The third-order valence-electron chi connectivity index (χ3n) is 7.82. The second-order valence-corrected chi connectivity index (χ2v) is 10.2. The fourth-order valence-corrected chi connectivity index (χ4v) is 5.94. The van der Waals surface area contributed by atoms with Gasteiger partial charge in [0.25, 0.3) is 5.91 Å². The van der Waals surface area contributed by atoms with Gasteiger partial charge in [-0.05, 0) is 62.2 Å². The van der Waals surface area contributed by atoms with Gasteiger partial charge in [-0.2, -0.15) is 0 Å². The van der Waals surface area contributed by atoms with Crippen LogP contribution >= 0.6 is 0 Å². The molecule has 0 unspecified atom stereocenters. The molecular weight excluding hydrogens is 486 g/mol. The van der Waals surface area contributed by atoms with E-state index in [9.17, 15) is 9.59 Å². The van der Waals surface area contributed by atoms with E-state index in [0.717, 1.165) is 46.8 Å². The van der Waals surface area contributed by atoms with E-state index < -0.39 is 0 Å². The van der Waals surface area contributed by atoms with E-state index in [0.29, 0.717) is 25.1 Å². The van der Waals surface area contributed by atoms with Crippen LogP contribution in [0.5, 0.6) is 0 Å². The summed E-state index contributed by atoms with van der Waals surface area (Å²) in [4.78, 5) is 38.2. The van der Waals surface area contributed by atoms with Crippen molar-refractivity contribution in [2.75, 3.05) is 13.6 Å². The topological polar surface area (TPSA) is 71.3 Å². The molecule has 1 aliphatic carbocycles. The van der Waals surface area contributed by atoms with Crippen LogP contribution in [-0.2, 0) is 24.3 Å². The largest absolute Gasteiger partial charge is 0.337 e. The molecule has 2 amide bonds. The van der Waals surface area contributed by atoms with E-state index in [1.807, 2.05) is 36.7 Å². The molecule has 0 bridgehead atoms. The fraction of sp³-hybridized carbons (Fsp3) is 0.250. The average Bonchev–Trinajstić information content (AvgIpc) is 3.32. The van der Waals surface area contributed by atoms with Crippen molar-refractivity contribution in [2.24, 2.45) is 0 Å². The summed E-state index contributed by atoms with van der Waals surface area (Å²) in [6.45, 7) is 1.39. The molecule has 0 saturated heterocycles. The lowest BCUT2D eigenvalue weighted by Crippen LogP contribution is -2.32. The molecule has 1 atom stereocenters. The monoisotopic (exact) mass is 517 g/mol. The van der Waals surface area contributed by atoms with Crippen LogP contribution < -0.4 is 0 Å². The van der Waals surface area contributed by atoms with Gasteiger partial charge < -0.3 is 4.57 Å². The van der Waals surface area contributed by atoms with Gasteiger partial charge in [-0.25, -0.2) is 0 Å².